The first-order valence-corrected chi connectivity index (χ1v) is 11.0. The van der Waals surface area contributed by atoms with Crippen molar-refractivity contribution < 1.29 is 9.53 Å². The highest BCUT2D eigenvalue weighted by Gasteiger charge is 2.28. The van der Waals surface area contributed by atoms with Crippen LogP contribution in [0.1, 0.15) is 42.0 Å². The fraction of sp³-hybridized carbons (Fsp3) is 0.346. The molecule has 2 aromatic rings. The van der Waals surface area contributed by atoms with Crippen molar-refractivity contribution >= 4 is 22.4 Å². The second kappa shape index (κ2) is 9.09. The Morgan fingerprint density at radius 2 is 1.93 bits per heavy atom. The van der Waals surface area contributed by atoms with Gasteiger partial charge in [0.1, 0.15) is 11.8 Å². The number of hydrogen-bond donors (Lipinski definition) is 0. The van der Waals surface area contributed by atoms with Crippen molar-refractivity contribution in [1.82, 2.24) is 4.90 Å². The van der Waals surface area contributed by atoms with Gasteiger partial charge in [0.2, 0.25) is 5.24 Å². The molecule has 0 spiro atoms. The van der Waals surface area contributed by atoms with Crippen molar-refractivity contribution in [1.29, 1.82) is 0 Å². The Labute approximate surface area is 184 Å². The van der Waals surface area contributed by atoms with E-state index in [2.05, 4.69) is 56.3 Å². The molecule has 156 valence electrons. The molecule has 0 radical (unpaired) electrons. The lowest BCUT2D eigenvalue weighted by Gasteiger charge is -2.35. The second-order valence-corrected chi connectivity index (χ2v) is 8.62. The monoisotopic (exact) mass is 421 g/mol. The smallest absolute Gasteiger partial charge is 0.248 e. The maximum atomic E-state index is 11.4. The number of ether oxygens (including phenoxy) is 1. The second-order valence-electron chi connectivity index (χ2n) is 8.25. The number of benzene rings is 2. The van der Waals surface area contributed by atoms with Crippen LogP contribution < -0.4 is 4.74 Å². The van der Waals surface area contributed by atoms with E-state index < -0.39 is 0 Å². The highest BCUT2D eigenvalue weighted by Crippen LogP contribution is 2.34. The molecule has 30 heavy (non-hydrogen) atoms. The minimum Gasteiger partial charge on any atom is -0.494 e. The number of fused-ring (bicyclic) bond motifs is 1. The molecule has 0 saturated heterocycles. The summed E-state index contributed by atoms with van der Waals surface area (Å²) in [5.74, 6) is 0.951. The molecular formula is C26H28ClNO2. The first-order chi connectivity index (χ1) is 14.5. The minimum atomic E-state index is -0.309. The number of halogens is 1. The van der Waals surface area contributed by atoms with Gasteiger partial charge < -0.3 is 9.64 Å². The van der Waals surface area contributed by atoms with Gasteiger partial charge in [0, 0.05) is 6.54 Å². The molecule has 1 aliphatic heterocycles. The average molecular weight is 422 g/mol. The molecule has 2 aromatic carbocycles. The van der Waals surface area contributed by atoms with E-state index in [-0.39, 0.29) is 11.3 Å². The molecule has 0 N–H and O–H groups in total. The Morgan fingerprint density at radius 3 is 2.63 bits per heavy atom. The van der Waals surface area contributed by atoms with Gasteiger partial charge in [-0.1, -0.05) is 35.9 Å². The quantitative estimate of drug-likeness (QED) is 0.405. The molecule has 2 aliphatic rings. The van der Waals surface area contributed by atoms with Crippen LogP contribution in [0.2, 0.25) is 0 Å². The van der Waals surface area contributed by atoms with E-state index >= 15 is 0 Å². The van der Waals surface area contributed by atoms with Crippen LogP contribution in [-0.2, 0) is 17.6 Å². The van der Waals surface area contributed by atoms with E-state index in [4.69, 9.17) is 16.3 Å². The first-order valence-electron chi connectivity index (χ1n) is 10.6. The van der Waals surface area contributed by atoms with Crippen LogP contribution in [0.3, 0.4) is 0 Å². The Balaban J connectivity index is 1.34. The van der Waals surface area contributed by atoms with Crippen LogP contribution in [0.15, 0.2) is 60.3 Å². The van der Waals surface area contributed by atoms with Crippen molar-refractivity contribution in [2.24, 2.45) is 0 Å². The van der Waals surface area contributed by atoms with Crippen LogP contribution in [-0.4, -0.2) is 29.3 Å². The van der Waals surface area contributed by atoms with E-state index in [1.807, 2.05) is 17.2 Å². The molecule has 0 saturated carbocycles. The fourth-order valence-electron chi connectivity index (χ4n) is 4.19. The Bertz CT molecular complexity index is 991. The standard InChI is InChI=1S/C26H28ClNO2/c1-18-5-7-20(8-6-18)4-3-15-30-23-11-12-24-19(2)22(10-9-21(24)16-23)17-28-14-13-25(28)26(27)29/h5-8,11-14,16,25H,3-4,9-10,15,17H2,1-2H3. The molecule has 4 heteroatoms. The van der Waals surface area contributed by atoms with Gasteiger partial charge in [-0.15, -0.1) is 0 Å². The number of rotatable bonds is 8. The van der Waals surface area contributed by atoms with Gasteiger partial charge in [-0.2, -0.15) is 0 Å². The van der Waals surface area contributed by atoms with E-state index in [0.29, 0.717) is 0 Å². The number of nitrogens with zero attached hydrogens (tertiary/aromatic N) is 1. The van der Waals surface area contributed by atoms with Crippen molar-refractivity contribution in [2.45, 2.75) is 45.6 Å². The molecule has 1 aliphatic carbocycles. The molecule has 1 atom stereocenters. The van der Waals surface area contributed by atoms with E-state index in [9.17, 15) is 4.79 Å². The summed E-state index contributed by atoms with van der Waals surface area (Å²) in [6.07, 6.45) is 7.85. The molecule has 0 fully saturated rings. The molecule has 1 heterocycles. The zero-order valence-corrected chi connectivity index (χ0v) is 18.4. The maximum Gasteiger partial charge on any atom is 0.248 e. The van der Waals surface area contributed by atoms with E-state index in [1.165, 1.54) is 33.4 Å². The van der Waals surface area contributed by atoms with Crippen LogP contribution in [0.25, 0.3) is 5.57 Å². The zero-order chi connectivity index (χ0) is 21.1. The van der Waals surface area contributed by atoms with Crippen molar-refractivity contribution in [2.75, 3.05) is 13.2 Å². The van der Waals surface area contributed by atoms with Crippen molar-refractivity contribution in [3.63, 3.8) is 0 Å². The third kappa shape index (κ3) is 4.62. The molecule has 0 amide bonds. The van der Waals surface area contributed by atoms with E-state index in [0.717, 1.165) is 44.6 Å². The summed E-state index contributed by atoms with van der Waals surface area (Å²) in [5, 5.41) is -0.309. The molecule has 4 rings (SSSR count). The van der Waals surface area contributed by atoms with Crippen LogP contribution >= 0.6 is 11.6 Å². The number of carbonyl (C=O) groups is 1. The fourth-order valence-corrected chi connectivity index (χ4v) is 4.38. The van der Waals surface area contributed by atoms with Crippen molar-refractivity contribution in [3.05, 3.63) is 82.6 Å². The lowest BCUT2D eigenvalue weighted by Crippen LogP contribution is -2.42. The Hall–Kier alpha value is -2.52. The van der Waals surface area contributed by atoms with Crippen LogP contribution in [0, 0.1) is 6.92 Å². The van der Waals surface area contributed by atoms with Gasteiger partial charge >= 0.3 is 0 Å². The van der Waals surface area contributed by atoms with Crippen LogP contribution in [0.5, 0.6) is 5.75 Å². The van der Waals surface area contributed by atoms with Gasteiger partial charge in [-0.05, 0) is 103 Å². The summed E-state index contributed by atoms with van der Waals surface area (Å²) in [5.41, 5.74) is 7.98. The summed E-state index contributed by atoms with van der Waals surface area (Å²) in [6, 6.07) is 14.9. The summed E-state index contributed by atoms with van der Waals surface area (Å²) >= 11 is 5.66. The number of carbonyl (C=O) groups excluding carboxylic acids is 1. The molecule has 0 aromatic heterocycles. The van der Waals surface area contributed by atoms with Gasteiger partial charge in [-0.25, -0.2) is 0 Å². The van der Waals surface area contributed by atoms with Gasteiger partial charge in [-0.3, -0.25) is 4.79 Å². The zero-order valence-electron chi connectivity index (χ0n) is 17.7. The summed E-state index contributed by atoms with van der Waals surface area (Å²) in [7, 11) is 0. The van der Waals surface area contributed by atoms with Gasteiger partial charge in [0.05, 0.1) is 6.61 Å². The van der Waals surface area contributed by atoms with E-state index in [1.54, 1.807) is 0 Å². The molecular weight excluding hydrogens is 394 g/mol. The molecule has 0 bridgehead atoms. The number of hydrogen-bond acceptors (Lipinski definition) is 3. The average Bonchev–Trinajstić information content (AvgIpc) is 2.70. The number of aryl methyl sites for hydroxylation is 3. The molecule has 3 nitrogen and oxygen atoms in total. The summed E-state index contributed by atoms with van der Waals surface area (Å²) < 4.78 is 6.03. The molecule has 1 unspecified atom stereocenters. The topological polar surface area (TPSA) is 29.5 Å². The van der Waals surface area contributed by atoms with Crippen molar-refractivity contribution in [3.8, 4) is 5.75 Å². The predicted octanol–water partition coefficient (Wildman–Crippen LogP) is 5.69. The van der Waals surface area contributed by atoms with Crippen LogP contribution in [0.4, 0.5) is 0 Å². The van der Waals surface area contributed by atoms with Gasteiger partial charge in [0.25, 0.3) is 0 Å². The summed E-state index contributed by atoms with van der Waals surface area (Å²) in [4.78, 5) is 13.5. The lowest BCUT2D eigenvalue weighted by molar-refractivity contribution is -0.115. The highest BCUT2D eigenvalue weighted by molar-refractivity contribution is 6.65. The Kier molecular flexibility index (Phi) is 6.29. The Morgan fingerprint density at radius 1 is 1.13 bits per heavy atom. The normalized spacial score (nSPS) is 17.6. The number of allylic oxidation sites excluding steroid dienone is 1. The third-order valence-electron chi connectivity index (χ3n) is 6.13. The SMILES string of the molecule is CC1=C(CN2C=CC2C(=O)Cl)CCc2cc(OCCCc3ccc(C)cc3)ccc21. The third-order valence-corrected chi connectivity index (χ3v) is 6.35. The largest absolute Gasteiger partial charge is 0.494 e. The maximum absolute atomic E-state index is 11.4. The predicted molar refractivity (Wildman–Crippen MR) is 123 cm³/mol. The van der Waals surface area contributed by atoms with Gasteiger partial charge in [0.15, 0.2) is 0 Å². The lowest BCUT2D eigenvalue weighted by atomic mass is 9.85. The first kappa shape index (κ1) is 20.7. The highest BCUT2D eigenvalue weighted by atomic mass is 35.5. The minimum absolute atomic E-state index is 0.274. The summed E-state index contributed by atoms with van der Waals surface area (Å²) in [6.45, 7) is 5.78.